The van der Waals surface area contributed by atoms with Crippen molar-refractivity contribution in [1.29, 1.82) is 0 Å². The van der Waals surface area contributed by atoms with Gasteiger partial charge in [-0.1, -0.05) is 0 Å². The fourth-order valence-electron chi connectivity index (χ4n) is 1.45. The number of fused-ring (bicyclic) bond motifs is 2. The Morgan fingerprint density at radius 2 is 2.07 bits per heavy atom. The van der Waals surface area contributed by atoms with Gasteiger partial charge in [0, 0.05) is 12.1 Å². The third-order valence-corrected chi connectivity index (χ3v) is 2.10. The number of aromatic nitrogens is 1. The van der Waals surface area contributed by atoms with E-state index in [9.17, 15) is 0 Å². The Bertz CT molecular complexity index is 451. The zero-order valence-electron chi connectivity index (χ0n) is 7.32. The van der Waals surface area contributed by atoms with Crippen LogP contribution in [0, 0.1) is 0 Å². The van der Waals surface area contributed by atoms with Gasteiger partial charge in [0.25, 0.3) is 0 Å². The molecule has 3 rings (SSSR count). The summed E-state index contributed by atoms with van der Waals surface area (Å²) < 4.78 is 15.8. The van der Waals surface area contributed by atoms with Crippen LogP contribution in [0.4, 0.5) is 0 Å². The van der Waals surface area contributed by atoms with Crippen LogP contribution in [0.3, 0.4) is 0 Å². The van der Waals surface area contributed by atoms with Crippen LogP contribution in [0.5, 0.6) is 11.5 Å². The van der Waals surface area contributed by atoms with Crippen molar-refractivity contribution in [2.75, 3.05) is 6.79 Å². The summed E-state index contributed by atoms with van der Waals surface area (Å²) in [6, 6.07) is 3.56. The van der Waals surface area contributed by atoms with Gasteiger partial charge in [-0.25, -0.2) is 4.98 Å². The van der Waals surface area contributed by atoms with Gasteiger partial charge in [-0.05, 0) is 0 Å². The van der Waals surface area contributed by atoms with Gasteiger partial charge in [0.2, 0.25) is 12.7 Å². The van der Waals surface area contributed by atoms with Gasteiger partial charge in [0.15, 0.2) is 17.1 Å². The topological polar surface area (TPSA) is 70.5 Å². The zero-order chi connectivity index (χ0) is 9.54. The molecule has 0 spiro atoms. The summed E-state index contributed by atoms with van der Waals surface area (Å²) in [7, 11) is 0. The molecular weight excluding hydrogens is 184 g/mol. The molecule has 1 aromatic heterocycles. The van der Waals surface area contributed by atoms with Crippen molar-refractivity contribution in [2.24, 2.45) is 5.73 Å². The molecular formula is C9H8N2O3. The van der Waals surface area contributed by atoms with Gasteiger partial charge >= 0.3 is 0 Å². The quantitative estimate of drug-likeness (QED) is 0.730. The van der Waals surface area contributed by atoms with E-state index in [1.54, 1.807) is 12.1 Å². The van der Waals surface area contributed by atoms with Crippen LogP contribution < -0.4 is 15.2 Å². The number of oxazole rings is 1. The minimum Gasteiger partial charge on any atom is -0.454 e. The molecule has 0 saturated carbocycles. The Morgan fingerprint density at radius 1 is 1.29 bits per heavy atom. The third-order valence-electron chi connectivity index (χ3n) is 2.10. The zero-order valence-corrected chi connectivity index (χ0v) is 7.32. The minimum atomic E-state index is 0.256. The molecule has 2 heterocycles. The first kappa shape index (κ1) is 7.64. The highest BCUT2D eigenvalue weighted by Crippen LogP contribution is 2.35. The second-order valence-electron chi connectivity index (χ2n) is 2.98. The van der Waals surface area contributed by atoms with Crippen molar-refractivity contribution >= 4 is 11.1 Å². The second-order valence-corrected chi connectivity index (χ2v) is 2.98. The lowest BCUT2D eigenvalue weighted by Gasteiger charge is -1.92. The Kier molecular flexibility index (Phi) is 1.43. The van der Waals surface area contributed by atoms with E-state index >= 15 is 0 Å². The maximum Gasteiger partial charge on any atom is 0.231 e. The molecule has 0 unspecified atom stereocenters. The summed E-state index contributed by atoms with van der Waals surface area (Å²) in [6.45, 7) is 0.548. The number of nitrogens with two attached hydrogens (primary N) is 1. The van der Waals surface area contributed by atoms with Gasteiger partial charge in [-0.3, -0.25) is 0 Å². The highest BCUT2D eigenvalue weighted by atomic mass is 16.7. The van der Waals surface area contributed by atoms with E-state index in [4.69, 9.17) is 19.6 Å². The lowest BCUT2D eigenvalue weighted by molar-refractivity contribution is 0.174. The van der Waals surface area contributed by atoms with Crippen LogP contribution in [-0.2, 0) is 6.54 Å². The van der Waals surface area contributed by atoms with Gasteiger partial charge in [0.1, 0.15) is 5.52 Å². The molecule has 0 radical (unpaired) electrons. The lowest BCUT2D eigenvalue weighted by Crippen LogP contribution is -1.95. The molecule has 0 atom stereocenters. The Balaban J connectivity index is 2.25. The molecule has 14 heavy (non-hydrogen) atoms. The van der Waals surface area contributed by atoms with Crippen LogP contribution in [0.2, 0.25) is 0 Å². The van der Waals surface area contributed by atoms with E-state index in [1.807, 2.05) is 0 Å². The number of nitrogens with zero attached hydrogens (tertiary/aromatic N) is 1. The fourth-order valence-corrected chi connectivity index (χ4v) is 1.45. The SMILES string of the molecule is NCc1nc2cc3c(cc2o1)OCO3. The van der Waals surface area contributed by atoms with Crippen molar-refractivity contribution in [1.82, 2.24) is 4.98 Å². The maximum absolute atomic E-state index is 5.42. The predicted octanol–water partition coefficient (Wildman–Crippen LogP) is 1.02. The van der Waals surface area contributed by atoms with Gasteiger partial charge < -0.3 is 19.6 Å². The fraction of sp³-hybridized carbons (Fsp3) is 0.222. The summed E-state index contributed by atoms with van der Waals surface area (Å²) in [5, 5.41) is 0. The standard InChI is InChI=1S/C9H8N2O3/c10-3-9-11-5-1-7-8(13-4-12-7)2-6(5)14-9/h1-2H,3-4,10H2. The first-order chi connectivity index (χ1) is 6.86. The Hall–Kier alpha value is -1.75. The highest BCUT2D eigenvalue weighted by molar-refractivity contribution is 5.77. The lowest BCUT2D eigenvalue weighted by atomic mass is 10.3. The molecule has 1 aromatic carbocycles. The number of ether oxygens (including phenoxy) is 2. The molecule has 1 aliphatic rings. The first-order valence-corrected chi connectivity index (χ1v) is 4.26. The van der Waals surface area contributed by atoms with Crippen molar-refractivity contribution in [3.63, 3.8) is 0 Å². The normalized spacial score (nSPS) is 13.8. The average molecular weight is 192 g/mol. The molecule has 0 amide bonds. The summed E-state index contributed by atoms with van der Waals surface area (Å²) in [4.78, 5) is 4.18. The average Bonchev–Trinajstić information content (AvgIpc) is 2.77. The summed E-state index contributed by atoms with van der Waals surface area (Å²) in [5.74, 6) is 1.91. The molecule has 0 fully saturated rings. The smallest absolute Gasteiger partial charge is 0.231 e. The number of hydrogen-bond acceptors (Lipinski definition) is 5. The van der Waals surface area contributed by atoms with Crippen LogP contribution in [0.1, 0.15) is 5.89 Å². The number of benzene rings is 1. The largest absolute Gasteiger partial charge is 0.454 e. The molecule has 0 aliphatic carbocycles. The molecule has 0 bridgehead atoms. The number of hydrogen-bond donors (Lipinski definition) is 1. The molecule has 1 aliphatic heterocycles. The van der Waals surface area contributed by atoms with Crippen LogP contribution in [-0.4, -0.2) is 11.8 Å². The summed E-state index contributed by atoms with van der Waals surface area (Å²) >= 11 is 0. The Morgan fingerprint density at radius 3 is 2.86 bits per heavy atom. The van der Waals surface area contributed by atoms with Crippen LogP contribution in [0.15, 0.2) is 16.5 Å². The maximum atomic E-state index is 5.42. The van der Waals surface area contributed by atoms with Gasteiger partial charge in [-0.15, -0.1) is 0 Å². The molecule has 0 saturated heterocycles. The monoisotopic (exact) mass is 192 g/mol. The van der Waals surface area contributed by atoms with Crippen molar-refractivity contribution < 1.29 is 13.9 Å². The van der Waals surface area contributed by atoms with E-state index in [1.165, 1.54) is 0 Å². The minimum absolute atomic E-state index is 0.256. The summed E-state index contributed by atoms with van der Waals surface area (Å²) in [5.41, 5.74) is 6.84. The Labute approximate surface area is 79.4 Å². The first-order valence-electron chi connectivity index (χ1n) is 4.26. The van der Waals surface area contributed by atoms with E-state index < -0.39 is 0 Å². The van der Waals surface area contributed by atoms with E-state index in [2.05, 4.69) is 4.98 Å². The summed E-state index contributed by atoms with van der Waals surface area (Å²) in [6.07, 6.45) is 0. The predicted molar refractivity (Wildman–Crippen MR) is 48.0 cm³/mol. The highest BCUT2D eigenvalue weighted by Gasteiger charge is 2.16. The molecule has 72 valence electrons. The second kappa shape index (κ2) is 2.62. The molecule has 5 heteroatoms. The van der Waals surface area contributed by atoms with Gasteiger partial charge in [0.05, 0.1) is 6.54 Å². The van der Waals surface area contributed by atoms with E-state index in [0.717, 1.165) is 5.52 Å². The van der Waals surface area contributed by atoms with E-state index in [0.29, 0.717) is 29.5 Å². The van der Waals surface area contributed by atoms with Gasteiger partial charge in [-0.2, -0.15) is 0 Å². The third kappa shape index (κ3) is 0.958. The van der Waals surface area contributed by atoms with Crippen molar-refractivity contribution in [2.45, 2.75) is 6.54 Å². The van der Waals surface area contributed by atoms with Crippen LogP contribution in [0.25, 0.3) is 11.1 Å². The van der Waals surface area contributed by atoms with Crippen molar-refractivity contribution in [3.05, 3.63) is 18.0 Å². The number of rotatable bonds is 1. The molecule has 2 N–H and O–H groups in total. The molecule has 2 aromatic rings. The van der Waals surface area contributed by atoms with Crippen molar-refractivity contribution in [3.8, 4) is 11.5 Å². The van der Waals surface area contributed by atoms with Crippen LogP contribution >= 0.6 is 0 Å². The van der Waals surface area contributed by atoms with E-state index in [-0.39, 0.29) is 6.79 Å². The molecule has 5 nitrogen and oxygen atoms in total.